The van der Waals surface area contributed by atoms with Gasteiger partial charge in [-0.25, -0.2) is 0 Å². The van der Waals surface area contributed by atoms with E-state index in [1.54, 1.807) is 6.07 Å². The Balaban J connectivity index is 1.72. The number of primary amides is 1. The van der Waals surface area contributed by atoms with Crippen LogP contribution in [0.15, 0.2) is 18.2 Å². The van der Waals surface area contributed by atoms with E-state index >= 15 is 0 Å². The fourth-order valence-electron chi connectivity index (χ4n) is 3.85. The number of hydrogen-bond acceptors (Lipinski definition) is 4. The smallest absolute Gasteiger partial charge is 0.293 e. The molecule has 0 radical (unpaired) electrons. The third kappa shape index (κ3) is 2.70. The van der Waals surface area contributed by atoms with Gasteiger partial charge < -0.3 is 11.1 Å². The molecule has 0 saturated heterocycles. The van der Waals surface area contributed by atoms with Crippen molar-refractivity contribution in [1.29, 1.82) is 0 Å². The topological polar surface area (TPSA) is 98.3 Å². The lowest BCUT2D eigenvalue weighted by Gasteiger charge is -2.22. The van der Waals surface area contributed by atoms with Crippen LogP contribution in [0.1, 0.15) is 36.0 Å². The maximum Gasteiger partial charge on any atom is 0.293 e. The van der Waals surface area contributed by atoms with Crippen LogP contribution in [0, 0.1) is 27.9 Å². The predicted octanol–water partition coefficient (Wildman–Crippen LogP) is 2.54. The second-order valence-corrected chi connectivity index (χ2v) is 6.17. The van der Waals surface area contributed by atoms with Gasteiger partial charge in [0.25, 0.3) is 5.69 Å². The molecule has 0 aliphatic heterocycles. The first-order valence-corrected chi connectivity index (χ1v) is 7.36. The van der Waals surface area contributed by atoms with E-state index in [4.69, 9.17) is 5.73 Å². The zero-order valence-electron chi connectivity index (χ0n) is 11.7. The summed E-state index contributed by atoms with van der Waals surface area (Å²) in [6.07, 6.45) is 5.17. The maximum atomic E-state index is 11.1. The Morgan fingerprint density at radius 2 is 2.19 bits per heavy atom. The first-order chi connectivity index (χ1) is 10.0. The van der Waals surface area contributed by atoms with Gasteiger partial charge in [-0.2, -0.15) is 0 Å². The highest BCUT2D eigenvalue weighted by Crippen LogP contribution is 2.48. The Bertz CT molecular complexity index is 588. The van der Waals surface area contributed by atoms with Gasteiger partial charge in [0, 0.05) is 18.2 Å². The number of nitrogens with one attached hydrogen (secondary N) is 1. The normalized spacial score (nSPS) is 26.8. The molecule has 0 heterocycles. The molecule has 1 aromatic carbocycles. The fraction of sp³-hybridized carbons (Fsp3) is 0.533. The number of carbonyl (C=O) groups excluding carboxylic acids is 1. The molecule has 3 N–H and O–H groups in total. The van der Waals surface area contributed by atoms with Crippen LogP contribution in [0.5, 0.6) is 0 Å². The van der Waals surface area contributed by atoms with E-state index in [2.05, 4.69) is 5.32 Å². The zero-order chi connectivity index (χ0) is 15.0. The van der Waals surface area contributed by atoms with Crippen molar-refractivity contribution < 1.29 is 9.72 Å². The Morgan fingerprint density at radius 1 is 1.38 bits per heavy atom. The molecule has 2 aliphatic rings. The number of nitro groups is 1. The van der Waals surface area contributed by atoms with Crippen molar-refractivity contribution in [2.75, 3.05) is 11.9 Å². The van der Waals surface area contributed by atoms with Crippen LogP contribution in [0.4, 0.5) is 11.4 Å². The Labute approximate surface area is 122 Å². The first kappa shape index (κ1) is 13.9. The van der Waals surface area contributed by atoms with Crippen LogP contribution in [0.2, 0.25) is 0 Å². The van der Waals surface area contributed by atoms with E-state index in [1.807, 2.05) is 0 Å². The largest absolute Gasteiger partial charge is 0.379 e. The van der Waals surface area contributed by atoms with Crippen molar-refractivity contribution in [3.05, 3.63) is 33.9 Å². The lowest BCUT2D eigenvalue weighted by molar-refractivity contribution is -0.384. The molecule has 112 valence electrons. The summed E-state index contributed by atoms with van der Waals surface area (Å²) in [5, 5.41) is 14.3. The van der Waals surface area contributed by atoms with Gasteiger partial charge in [0.05, 0.1) is 4.92 Å². The van der Waals surface area contributed by atoms with Crippen molar-refractivity contribution >= 4 is 17.3 Å². The Kier molecular flexibility index (Phi) is 3.53. The number of rotatable bonds is 5. The van der Waals surface area contributed by atoms with Crippen LogP contribution < -0.4 is 11.1 Å². The molecule has 3 atom stereocenters. The number of amides is 1. The van der Waals surface area contributed by atoms with Gasteiger partial charge in [0.2, 0.25) is 5.91 Å². The van der Waals surface area contributed by atoms with E-state index in [-0.39, 0.29) is 11.3 Å². The molecule has 2 aliphatic carbocycles. The molecule has 3 rings (SSSR count). The molecule has 3 unspecified atom stereocenters. The minimum absolute atomic E-state index is 0.0885. The molecule has 2 fully saturated rings. The van der Waals surface area contributed by atoms with E-state index < -0.39 is 10.8 Å². The van der Waals surface area contributed by atoms with E-state index in [0.717, 1.165) is 18.4 Å². The number of anilines is 1. The van der Waals surface area contributed by atoms with Gasteiger partial charge in [0.15, 0.2) is 0 Å². The molecular formula is C15H19N3O3. The number of nitro benzene ring substituents is 1. The molecule has 0 spiro atoms. The van der Waals surface area contributed by atoms with Crippen LogP contribution in [0.3, 0.4) is 0 Å². The molecule has 6 nitrogen and oxygen atoms in total. The van der Waals surface area contributed by atoms with Crippen LogP contribution in [-0.2, 0) is 0 Å². The molecule has 1 amide bonds. The van der Waals surface area contributed by atoms with Gasteiger partial charge in [-0.3, -0.25) is 14.9 Å². The minimum Gasteiger partial charge on any atom is -0.379 e. The van der Waals surface area contributed by atoms with E-state index in [9.17, 15) is 14.9 Å². The van der Waals surface area contributed by atoms with E-state index in [0.29, 0.717) is 11.6 Å². The predicted molar refractivity (Wildman–Crippen MR) is 79.0 cm³/mol. The summed E-state index contributed by atoms with van der Waals surface area (Å²) in [5.74, 6) is 1.58. The summed E-state index contributed by atoms with van der Waals surface area (Å²) in [6, 6.07) is 4.34. The standard InChI is InChI=1S/C15H19N3O3/c16-15(19)11-3-4-13(14(7-11)18(20)21)17-8-12-6-9-1-2-10(12)5-9/h3-4,7,9-10,12,17H,1-2,5-6,8H2,(H2,16,19). The molecular weight excluding hydrogens is 270 g/mol. The van der Waals surface area contributed by atoms with Gasteiger partial charge in [-0.15, -0.1) is 0 Å². The van der Waals surface area contributed by atoms with Crippen molar-refractivity contribution in [3.63, 3.8) is 0 Å². The highest BCUT2D eigenvalue weighted by Gasteiger charge is 2.39. The molecule has 1 aromatic rings. The fourth-order valence-corrected chi connectivity index (χ4v) is 3.85. The summed E-state index contributed by atoms with van der Waals surface area (Å²) >= 11 is 0. The summed E-state index contributed by atoms with van der Waals surface area (Å²) in [6.45, 7) is 0.762. The molecule has 2 saturated carbocycles. The lowest BCUT2D eigenvalue weighted by Crippen LogP contribution is -2.20. The Morgan fingerprint density at radius 3 is 2.76 bits per heavy atom. The zero-order valence-corrected chi connectivity index (χ0v) is 11.7. The summed E-state index contributed by atoms with van der Waals surface area (Å²) < 4.78 is 0. The monoisotopic (exact) mass is 289 g/mol. The molecule has 0 aromatic heterocycles. The number of carbonyl (C=O) groups is 1. The number of nitrogens with zero attached hydrogens (tertiary/aromatic N) is 1. The van der Waals surface area contributed by atoms with Crippen LogP contribution in [-0.4, -0.2) is 17.4 Å². The lowest BCUT2D eigenvalue weighted by atomic mass is 9.89. The van der Waals surface area contributed by atoms with Crippen molar-refractivity contribution in [1.82, 2.24) is 0 Å². The highest BCUT2D eigenvalue weighted by molar-refractivity contribution is 5.94. The second kappa shape index (κ2) is 5.35. The summed E-state index contributed by atoms with van der Waals surface area (Å²) in [4.78, 5) is 21.8. The van der Waals surface area contributed by atoms with Crippen molar-refractivity contribution in [2.24, 2.45) is 23.5 Å². The third-order valence-electron chi connectivity index (χ3n) is 4.92. The summed E-state index contributed by atoms with van der Waals surface area (Å²) in [5.41, 5.74) is 5.70. The number of nitrogens with two attached hydrogens (primary N) is 1. The second-order valence-electron chi connectivity index (χ2n) is 6.17. The molecule has 6 heteroatoms. The van der Waals surface area contributed by atoms with Gasteiger partial charge in [0.1, 0.15) is 5.69 Å². The van der Waals surface area contributed by atoms with Crippen LogP contribution >= 0.6 is 0 Å². The number of benzene rings is 1. The SMILES string of the molecule is NC(=O)c1ccc(NCC2CC3CCC2C3)c([N+](=O)[O-])c1. The maximum absolute atomic E-state index is 11.1. The first-order valence-electron chi connectivity index (χ1n) is 7.36. The number of fused-ring (bicyclic) bond motifs is 2. The number of hydrogen-bond donors (Lipinski definition) is 2. The summed E-state index contributed by atoms with van der Waals surface area (Å²) in [7, 11) is 0. The van der Waals surface area contributed by atoms with Crippen molar-refractivity contribution in [2.45, 2.75) is 25.7 Å². The highest BCUT2D eigenvalue weighted by atomic mass is 16.6. The minimum atomic E-state index is -0.655. The molecule has 21 heavy (non-hydrogen) atoms. The van der Waals surface area contributed by atoms with Gasteiger partial charge >= 0.3 is 0 Å². The van der Waals surface area contributed by atoms with Crippen molar-refractivity contribution in [3.8, 4) is 0 Å². The van der Waals surface area contributed by atoms with E-state index in [1.165, 1.54) is 37.8 Å². The van der Waals surface area contributed by atoms with Gasteiger partial charge in [-0.1, -0.05) is 6.42 Å². The third-order valence-corrected chi connectivity index (χ3v) is 4.92. The van der Waals surface area contributed by atoms with Gasteiger partial charge in [-0.05, 0) is 49.1 Å². The average molecular weight is 289 g/mol. The average Bonchev–Trinajstić information content (AvgIpc) is 3.07. The quantitative estimate of drug-likeness (QED) is 0.642. The van der Waals surface area contributed by atoms with Crippen LogP contribution in [0.25, 0.3) is 0 Å². The Hall–Kier alpha value is -2.11. The molecule has 2 bridgehead atoms.